The number of rotatable bonds is 3. The molecule has 0 spiro atoms. The second-order valence-electron chi connectivity index (χ2n) is 6.00. The molecular weight excluding hydrogens is 453 g/mol. The molecule has 1 aliphatic carbocycles. The summed E-state index contributed by atoms with van der Waals surface area (Å²) in [5, 5.41) is 0. The van der Waals surface area contributed by atoms with E-state index in [0.717, 1.165) is 5.92 Å². The third kappa shape index (κ3) is 5.37. The predicted octanol–water partition coefficient (Wildman–Crippen LogP) is 3.63. The maximum atomic E-state index is 5.35. The summed E-state index contributed by atoms with van der Waals surface area (Å²) in [6.45, 7) is 1.86. The number of hydrogen-bond donors (Lipinski definition) is 1. The number of nitrogens with two attached hydrogens (primary N) is 1. The van der Waals surface area contributed by atoms with Crippen molar-refractivity contribution in [3.8, 4) is 0 Å². The van der Waals surface area contributed by atoms with Crippen molar-refractivity contribution in [2.75, 3.05) is 0 Å². The molecule has 1 aliphatic rings. The van der Waals surface area contributed by atoms with E-state index in [1.165, 1.54) is 48.0 Å². The third-order valence-electron chi connectivity index (χ3n) is 4.22. The van der Waals surface area contributed by atoms with E-state index < -0.39 is 0 Å². The van der Waals surface area contributed by atoms with Gasteiger partial charge in [0.25, 0.3) is 0 Å². The Morgan fingerprint density at radius 2 is 1.77 bits per heavy atom. The van der Waals surface area contributed by atoms with E-state index in [2.05, 4.69) is 47.9 Å². The Hall–Kier alpha value is -0.922. The number of aromatic nitrogens is 2. The van der Waals surface area contributed by atoms with Crippen LogP contribution >= 0.6 is 0 Å². The molecule has 4 heteroatoms. The number of benzene rings is 1. The van der Waals surface area contributed by atoms with Crippen LogP contribution in [0.4, 0.5) is 0 Å². The smallest absolute Gasteiger partial charge is 0.0178 e. The Morgan fingerprint density at radius 1 is 1.09 bits per heavy atom. The van der Waals surface area contributed by atoms with Crippen LogP contribution < -0.4 is 5.73 Å². The maximum absolute atomic E-state index is 5.35. The van der Waals surface area contributed by atoms with Gasteiger partial charge in [-0.3, -0.25) is 0 Å². The molecule has 1 fully saturated rings. The summed E-state index contributed by atoms with van der Waals surface area (Å²) >= 11 is 2.41. The van der Waals surface area contributed by atoms with Gasteiger partial charge in [-0.05, 0) is 5.56 Å². The zero-order chi connectivity index (χ0) is 15.8. The molecule has 0 amide bonds. The number of aryl methyl sites for hydroxylation is 1. The summed E-state index contributed by atoms with van der Waals surface area (Å²) in [7, 11) is 2.11. The van der Waals surface area contributed by atoms with Gasteiger partial charge in [0.1, 0.15) is 0 Å². The first-order valence-electron chi connectivity index (χ1n) is 8.12. The first kappa shape index (κ1) is 17.4. The van der Waals surface area contributed by atoms with Crippen molar-refractivity contribution < 1.29 is 19.4 Å². The molecule has 2 aromatic rings. The Morgan fingerprint density at radius 3 is 2.27 bits per heavy atom. The Labute approximate surface area is 144 Å². The molecule has 0 saturated heterocycles. The minimum atomic E-state index is 0.640. The van der Waals surface area contributed by atoms with Crippen LogP contribution in [-0.4, -0.2) is 9.13 Å². The summed E-state index contributed by atoms with van der Waals surface area (Å²) in [6.07, 6.45) is 11.5. The largest absolute Gasteiger partial charge is 0.326 e. The van der Waals surface area contributed by atoms with E-state index in [0.29, 0.717) is 6.54 Å². The molecule has 1 aromatic carbocycles. The van der Waals surface area contributed by atoms with E-state index in [-0.39, 0.29) is 0 Å². The molecule has 0 bridgehead atoms. The maximum Gasteiger partial charge on any atom is 0.0178 e. The fraction of sp³-hybridized carbons (Fsp3) is 0.500. The van der Waals surface area contributed by atoms with Crippen LogP contribution in [0.1, 0.15) is 37.7 Å². The topological polar surface area (TPSA) is 35.9 Å². The van der Waals surface area contributed by atoms with E-state index in [4.69, 9.17) is 5.73 Å². The van der Waals surface area contributed by atoms with E-state index in [9.17, 15) is 0 Å². The van der Waals surface area contributed by atoms with Gasteiger partial charge < -0.3 is 5.73 Å². The van der Waals surface area contributed by atoms with E-state index in [1.54, 1.807) is 0 Å². The predicted molar refractivity (Wildman–Crippen MR) is 87.6 cm³/mol. The van der Waals surface area contributed by atoms with Crippen LogP contribution in [0.25, 0.3) is 0 Å². The monoisotopic (exact) mass is 480 g/mol. The molecular formula is C18H27N3Pt. The van der Waals surface area contributed by atoms with Crippen molar-refractivity contribution in [1.29, 1.82) is 0 Å². The van der Waals surface area contributed by atoms with Crippen molar-refractivity contribution in [2.45, 2.75) is 45.2 Å². The SMILES string of the molecule is Cn1ccn(CC2CCCCC2)[c]1=[Pt].NCc1ccccc1. The average Bonchev–Trinajstić information content (AvgIpc) is 2.89. The quantitative estimate of drug-likeness (QED) is 0.716. The molecule has 0 radical (unpaired) electrons. The van der Waals surface area contributed by atoms with Gasteiger partial charge in [-0.1, -0.05) is 30.3 Å². The van der Waals surface area contributed by atoms with Gasteiger partial charge in [0.15, 0.2) is 0 Å². The zero-order valence-electron chi connectivity index (χ0n) is 13.4. The van der Waals surface area contributed by atoms with Gasteiger partial charge in [0, 0.05) is 6.54 Å². The normalized spacial score (nSPS) is 15.3. The number of hydrogen-bond acceptors (Lipinski definition) is 1. The fourth-order valence-corrected chi connectivity index (χ4v) is 3.44. The standard InChI is InChI=1S/C11H18N2.C7H9N.Pt/c1-12-7-8-13(10-12)9-11-5-3-2-4-6-11;8-6-7-4-2-1-3-5-7;/h7-8,11H,2-6,9H2,1H3;1-5H,6,8H2;. The summed E-state index contributed by atoms with van der Waals surface area (Å²) in [6, 6.07) is 9.99. The number of imidazole rings is 1. The minimum absolute atomic E-state index is 0.640. The molecule has 2 N–H and O–H groups in total. The van der Waals surface area contributed by atoms with Crippen molar-refractivity contribution in [1.82, 2.24) is 9.13 Å². The first-order valence-corrected chi connectivity index (χ1v) is 9.25. The second kappa shape index (κ2) is 9.27. The van der Waals surface area contributed by atoms with E-state index >= 15 is 0 Å². The Bertz CT molecular complexity index is 594. The van der Waals surface area contributed by atoms with Crippen LogP contribution in [0, 0.1) is 9.72 Å². The molecule has 1 aromatic heterocycles. The van der Waals surface area contributed by atoms with Gasteiger partial charge in [0.05, 0.1) is 0 Å². The third-order valence-corrected chi connectivity index (χ3v) is 5.67. The van der Waals surface area contributed by atoms with Crippen molar-refractivity contribution in [3.05, 3.63) is 52.1 Å². The molecule has 3 rings (SSSR count). The van der Waals surface area contributed by atoms with Crippen LogP contribution in [0.5, 0.6) is 0 Å². The molecule has 22 heavy (non-hydrogen) atoms. The summed E-state index contributed by atoms with van der Waals surface area (Å²) in [5.41, 5.74) is 6.54. The van der Waals surface area contributed by atoms with Crippen LogP contribution in [0.2, 0.25) is 0 Å². The van der Waals surface area contributed by atoms with E-state index in [1.807, 2.05) is 30.3 Å². The van der Waals surface area contributed by atoms with Gasteiger partial charge in [0.2, 0.25) is 0 Å². The molecule has 124 valence electrons. The first-order chi connectivity index (χ1) is 10.7. The molecule has 0 atom stereocenters. The molecule has 1 heterocycles. The molecule has 3 nitrogen and oxygen atoms in total. The molecule has 0 aliphatic heterocycles. The van der Waals surface area contributed by atoms with Crippen molar-refractivity contribution >= 4 is 0 Å². The van der Waals surface area contributed by atoms with Crippen LogP contribution in [0.3, 0.4) is 0 Å². The Kier molecular flexibility index (Phi) is 7.35. The van der Waals surface area contributed by atoms with Gasteiger partial charge in [-0.2, -0.15) is 0 Å². The van der Waals surface area contributed by atoms with Crippen LogP contribution in [-0.2, 0) is 39.5 Å². The summed E-state index contributed by atoms with van der Waals surface area (Å²) < 4.78 is 5.91. The zero-order valence-corrected chi connectivity index (χ0v) is 15.6. The Balaban J connectivity index is 0.000000188. The summed E-state index contributed by atoms with van der Waals surface area (Å²) in [5.74, 6) is 0.921. The van der Waals surface area contributed by atoms with Gasteiger partial charge in [-0.15, -0.1) is 0 Å². The molecule has 1 saturated carbocycles. The van der Waals surface area contributed by atoms with Crippen molar-refractivity contribution in [3.63, 3.8) is 0 Å². The minimum Gasteiger partial charge on any atom is -0.326 e. The van der Waals surface area contributed by atoms with Gasteiger partial charge >= 0.3 is 96.3 Å². The van der Waals surface area contributed by atoms with Crippen LogP contribution in [0.15, 0.2) is 42.7 Å². The summed E-state index contributed by atoms with van der Waals surface area (Å²) in [4.78, 5) is 0. The average molecular weight is 481 g/mol. The fourth-order valence-electron chi connectivity index (χ4n) is 2.89. The second-order valence-corrected chi connectivity index (χ2v) is 7.01. The number of nitrogens with zero attached hydrogens (tertiary/aromatic N) is 2. The van der Waals surface area contributed by atoms with Gasteiger partial charge in [-0.25, -0.2) is 0 Å². The molecule has 0 unspecified atom stereocenters. The van der Waals surface area contributed by atoms with Crippen molar-refractivity contribution in [2.24, 2.45) is 18.7 Å².